The van der Waals surface area contributed by atoms with Crippen LogP contribution < -0.4 is 11.1 Å². The summed E-state index contributed by atoms with van der Waals surface area (Å²) in [6.07, 6.45) is 6.80. The van der Waals surface area contributed by atoms with Crippen LogP contribution in [-0.4, -0.2) is 18.8 Å². The van der Waals surface area contributed by atoms with Gasteiger partial charge < -0.3 is 16.5 Å². The predicted molar refractivity (Wildman–Crippen MR) is 60.7 cm³/mol. The summed E-state index contributed by atoms with van der Waals surface area (Å²) in [4.78, 5) is 0. The van der Waals surface area contributed by atoms with Gasteiger partial charge in [0.25, 0.3) is 0 Å². The van der Waals surface area contributed by atoms with Crippen LogP contribution in [0.4, 0.5) is 0 Å². The lowest BCUT2D eigenvalue weighted by Gasteiger charge is -2.54. The molecule has 2 aliphatic carbocycles. The molecule has 3 aliphatic rings. The Hall–Kier alpha value is -0.830. The van der Waals surface area contributed by atoms with Crippen molar-refractivity contribution in [3.05, 3.63) is 11.8 Å². The highest BCUT2D eigenvalue weighted by atomic mass is 15.0. The lowest BCUT2D eigenvalue weighted by molar-refractivity contribution is 0.0309. The van der Waals surface area contributed by atoms with Gasteiger partial charge in [-0.15, -0.1) is 0 Å². The van der Waals surface area contributed by atoms with E-state index in [2.05, 4.69) is 5.32 Å². The van der Waals surface area contributed by atoms with E-state index in [9.17, 15) is 0 Å². The van der Waals surface area contributed by atoms with Crippen LogP contribution in [0, 0.1) is 22.7 Å². The third-order valence-corrected chi connectivity index (χ3v) is 4.17. The third kappa shape index (κ3) is 1.59. The van der Waals surface area contributed by atoms with Gasteiger partial charge in [-0.1, -0.05) is 0 Å². The third-order valence-electron chi connectivity index (χ3n) is 4.17. The Morgan fingerprint density at radius 3 is 2.40 bits per heavy atom. The molecule has 3 nitrogen and oxygen atoms in total. The van der Waals surface area contributed by atoms with E-state index in [0.717, 1.165) is 11.4 Å². The van der Waals surface area contributed by atoms with Crippen molar-refractivity contribution in [1.29, 1.82) is 5.41 Å². The van der Waals surface area contributed by atoms with Gasteiger partial charge in [0, 0.05) is 30.4 Å². The largest absolute Gasteiger partial charge is 0.402 e. The van der Waals surface area contributed by atoms with E-state index in [1.807, 2.05) is 6.08 Å². The highest BCUT2D eigenvalue weighted by Gasteiger charge is 2.49. The van der Waals surface area contributed by atoms with Crippen molar-refractivity contribution < 1.29 is 0 Å². The fourth-order valence-corrected chi connectivity index (χ4v) is 2.80. The molecule has 0 bridgehead atoms. The van der Waals surface area contributed by atoms with Crippen molar-refractivity contribution >= 4 is 5.71 Å². The van der Waals surface area contributed by atoms with Gasteiger partial charge in [-0.3, -0.25) is 0 Å². The Morgan fingerprint density at radius 2 is 1.93 bits per heavy atom. The van der Waals surface area contributed by atoms with Gasteiger partial charge in [0.15, 0.2) is 0 Å². The van der Waals surface area contributed by atoms with Gasteiger partial charge in [-0.2, -0.15) is 0 Å². The molecule has 1 heterocycles. The zero-order valence-electron chi connectivity index (χ0n) is 9.05. The number of nitrogens with two attached hydrogens (primary N) is 1. The normalized spacial score (nSPS) is 29.7. The molecule has 0 radical (unpaired) electrons. The van der Waals surface area contributed by atoms with E-state index in [1.165, 1.54) is 38.8 Å². The van der Waals surface area contributed by atoms with Crippen LogP contribution >= 0.6 is 0 Å². The fourth-order valence-electron chi connectivity index (χ4n) is 2.80. The molecule has 15 heavy (non-hydrogen) atoms. The summed E-state index contributed by atoms with van der Waals surface area (Å²) in [5.74, 6) is 1.09. The first-order chi connectivity index (χ1) is 7.19. The number of hydrogen-bond acceptors (Lipinski definition) is 3. The van der Waals surface area contributed by atoms with Crippen molar-refractivity contribution in [2.24, 2.45) is 23.0 Å². The first-order valence-corrected chi connectivity index (χ1v) is 5.95. The molecule has 0 aromatic carbocycles. The van der Waals surface area contributed by atoms with Crippen LogP contribution in [0.25, 0.3) is 0 Å². The molecular weight excluding hydrogens is 186 g/mol. The molecule has 1 spiro atoms. The minimum atomic E-state index is 0.490. The molecule has 3 rings (SSSR count). The highest BCUT2D eigenvalue weighted by Crippen LogP contribution is 2.49. The second-order valence-corrected chi connectivity index (χ2v) is 5.58. The second kappa shape index (κ2) is 3.08. The van der Waals surface area contributed by atoms with Crippen molar-refractivity contribution in [2.45, 2.75) is 25.7 Å². The Morgan fingerprint density at radius 1 is 1.27 bits per heavy atom. The Bertz CT molecular complexity index is 316. The topological polar surface area (TPSA) is 61.9 Å². The summed E-state index contributed by atoms with van der Waals surface area (Å²) in [6.45, 7) is 2.33. The molecular formula is C12H19N3. The standard InChI is InChI=1S/C12H19N3/c13-10(8-1-2-8)3-11(14)9-4-12(5-9)6-15-7-12/h3,8-9,14-15H,1-2,4-7,13H2. The zero-order valence-corrected chi connectivity index (χ0v) is 9.05. The molecule has 1 aliphatic heterocycles. The summed E-state index contributed by atoms with van der Waals surface area (Å²) in [6, 6.07) is 0. The van der Waals surface area contributed by atoms with Crippen LogP contribution in [0.5, 0.6) is 0 Å². The quantitative estimate of drug-likeness (QED) is 0.607. The van der Waals surface area contributed by atoms with Gasteiger partial charge in [-0.25, -0.2) is 0 Å². The molecule has 0 aromatic rings. The summed E-state index contributed by atoms with van der Waals surface area (Å²) >= 11 is 0. The smallest absolute Gasteiger partial charge is 0.0362 e. The molecule has 0 atom stereocenters. The van der Waals surface area contributed by atoms with Crippen LogP contribution in [0.3, 0.4) is 0 Å². The lowest BCUT2D eigenvalue weighted by Crippen LogP contribution is -2.61. The summed E-state index contributed by atoms with van der Waals surface area (Å²) in [7, 11) is 0. The molecule has 1 saturated heterocycles. The van der Waals surface area contributed by atoms with E-state index in [0.29, 0.717) is 17.3 Å². The molecule has 0 amide bonds. The molecule has 0 unspecified atom stereocenters. The number of allylic oxidation sites excluding steroid dienone is 2. The first kappa shape index (κ1) is 9.40. The SMILES string of the molecule is N=C(C=C(N)C1CC1)C1CC2(CNC2)C1. The van der Waals surface area contributed by atoms with Crippen molar-refractivity contribution in [2.75, 3.05) is 13.1 Å². The van der Waals surface area contributed by atoms with E-state index in [-0.39, 0.29) is 0 Å². The van der Waals surface area contributed by atoms with Gasteiger partial charge in [-0.05, 0) is 43.1 Å². The Balaban J connectivity index is 1.55. The van der Waals surface area contributed by atoms with Crippen LogP contribution in [-0.2, 0) is 0 Å². The van der Waals surface area contributed by atoms with Gasteiger partial charge >= 0.3 is 0 Å². The van der Waals surface area contributed by atoms with Crippen molar-refractivity contribution in [1.82, 2.24) is 5.32 Å². The summed E-state index contributed by atoms with van der Waals surface area (Å²) in [5, 5.41) is 11.3. The number of rotatable bonds is 3. The maximum Gasteiger partial charge on any atom is 0.0362 e. The van der Waals surface area contributed by atoms with Crippen LogP contribution in [0.1, 0.15) is 25.7 Å². The van der Waals surface area contributed by atoms with Crippen LogP contribution in [0.15, 0.2) is 11.8 Å². The Kier molecular flexibility index (Phi) is 1.93. The van der Waals surface area contributed by atoms with E-state index in [1.54, 1.807) is 0 Å². The Labute approximate surface area is 90.6 Å². The van der Waals surface area contributed by atoms with E-state index < -0.39 is 0 Å². The molecule has 0 aromatic heterocycles. The molecule has 82 valence electrons. The molecule has 2 saturated carbocycles. The second-order valence-electron chi connectivity index (χ2n) is 5.58. The molecule has 3 heteroatoms. The monoisotopic (exact) mass is 205 g/mol. The van der Waals surface area contributed by atoms with Crippen LogP contribution in [0.2, 0.25) is 0 Å². The number of nitrogens with one attached hydrogen (secondary N) is 2. The average Bonchev–Trinajstić information content (AvgIpc) is 2.79. The lowest BCUT2D eigenvalue weighted by atomic mass is 9.57. The first-order valence-electron chi connectivity index (χ1n) is 5.95. The maximum atomic E-state index is 8.00. The van der Waals surface area contributed by atoms with Crippen molar-refractivity contribution in [3.8, 4) is 0 Å². The average molecular weight is 205 g/mol. The van der Waals surface area contributed by atoms with Gasteiger partial charge in [0.1, 0.15) is 0 Å². The fraction of sp³-hybridized carbons (Fsp3) is 0.750. The van der Waals surface area contributed by atoms with E-state index >= 15 is 0 Å². The predicted octanol–water partition coefficient (Wildman–Crippen LogP) is 1.26. The van der Waals surface area contributed by atoms with Gasteiger partial charge in [0.2, 0.25) is 0 Å². The van der Waals surface area contributed by atoms with Gasteiger partial charge in [0.05, 0.1) is 0 Å². The zero-order chi connectivity index (χ0) is 10.5. The van der Waals surface area contributed by atoms with Crippen molar-refractivity contribution in [3.63, 3.8) is 0 Å². The summed E-state index contributed by atoms with van der Waals surface area (Å²) in [5.41, 5.74) is 8.21. The molecule has 4 N–H and O–H groups in total. The maximum absolute atomic E-state index is 8.00. The minimum Gasteiger partial charge on any atom is -0.402 e. The minimum absolute atomic E-state index is 0.490. The highest BCUT2D eigenvalue weighted by molar-refractivity contribution is 5.95. The summed E-state index contributed by atoms with van der Waals surface area (Å²) < 4.78 is 0. The van der Waals surface area contributed by atoms with E-state index in [4.69, 9.17) is 11.1 Å². The number of hydrogen-bond donors (Lipinski definition) is 3. The molecule has 3 fully saturated rings.